The molecule has 1 spiro atoms. The smallest absolute Gasteiger partial charge is 0.137 e. The highest BCUT2D eigenvalue weighted by atomic mass is 79.9. The van der Waals surface area contributed by atoms with Crippen LogP contribution in [0.1, 0.15) is 50.1 Å². The predicted molar refractivity (Wildman–Crippen MR) is 85.8 cm³/mol. The van der Waals surface area contributed by atoms with E-state index in [4.69, 9.17) is 4.74 Å². The topological polar surface area (TPSA) is 21.3 Å². The number of hydrogen-bond acceptors (Lipinski definition) is 2. The maximum Gasteiger partial charge on any atom is 0.137 e. The quantitative estimate of drug-likeness (QED) is 0.856. The van der Waals surface area contributed by atoms with Gasteiger partial charge in [0.05, 0.1) is 10.1 Å². The minimum absolute atomic E-state index is 0.0951. The van der Waals surface area contributed by atoms with Gasteiger partial charge in [-0.2, -0.15) is 0 Å². The van der Waals surface area contributed by atoms with Crippen molar-refractivity contribution in [2.45, 2.75) is 50.2 Å². The lowest BCUT2D eigenvalue weighted by Gasteiger charge is -2.41. The van der Waals surface area contributed by atoms with E-state index in [1.165, 1.54) is 31.7 Å². The highest BCUT2D eigenvalue weighted by Gasteiger charge is 2.42. The number of rotatable bonds is 3. The molecule has 2 unspecified atom stereocenters. The fraction of sp³-hybridized carbons (Fsp3) is 0.647. The fourth-order valence-electron chi connectivity index (χ4n) is 4.12. The van der Waals surface area contributed by atoms with Gasteiger partial charge < -0.3 is 10.1 Å². The van der Waals surface area contributed by atoms with E-state index in [0.29, 0.717) is 10.4 Å². The first-order valence-electron chi connectivity index (χ1n) is 7.90. The second kappa shape index (κ2) is 6.35. The van der Waals surface area contributed by atoms with Gasteiger partial charge in [-0.25, -0.2) is 4.39 Å². The van der Waals surface area contributed by atoms with Crippen LogP contribution in [0.5, 0.6) is 0 Å². The van der Waals surface area contributed by atoms with Crippen LogP contribution in [-0.2, 0) is 4.74 Å². The van der Waals surface area contributed by atoms with Crippen LogP contribution in [0.15, 0.2) is 22.7 Å². The van der Waals surface area contributed by atoms with Crippen molar-refractivity contribution >= 4 is 15.9 Å². The minimum Gasteiger partial charge on any atom is -0.375 e. The monoisotopic (exact) mass is 355 g/mol. The molecule has 0 bridgehead atoms. The summed E-state index contributed by atoms with van der Waals surface area (Å²) in [6, 6.07) is 5.50. The Morgan fingerprint density at radius 2 is 2.14 bits per heavy atom. The van der Waals surface area contributed by atoms with Crippen LogP contribution in [0.4, 0.5) is 4.39 Å². The normalized spacial score (nSPS) is 26.1. The summed E-state index contributed by atoms with van der Waals surface area (Å²) in [4.78, 5) is 0. The van der Waals surface area contributed by atoms with Crippen molar-refractivity contribution in [1.29, 1.82) is 0 Å². The van der Waals surface area contributed by atoms with E-state index in [0.717, 1.165) is 25.0 Å². The van der Waals surface area contributed by atoms with Gasteiger partial charge >= 0.3 is 0 Å². The van der Waals surface area contributed by atoms with Crippen LogP contribution in [0.25, 0.3) is 0 Å². The molecule has 1 heterocycles. The van der Waals surface area contributed by atoms with Crippen LogP contribution in [-0.4, -0.2) is 19.3 Å². The van der Waals surface area contributed by atoms with E-state index in [-0.39, 0.29) is 17.5 Å². The second-order valence-electron chi connectivity index (χ2n) is 6.40. The van der Waals surface area contributed by atoms with Gasteiger partial charge in [-0.05, 0) is 66.2 Å². The average Bonchev–Trinajstić information content (AvgIpc) is 2.92. The van der Waals surface area contributed by atoms with Gasteiger partial charge in [0.1, 0.15) is 5.82 Å². The SMILES string of the molecule is CNC(c1cccc(F)c1Br)C1CCOC2(CCCC2)C1. The van der Waals surface area contributed by atoms with Crippen molar-refractivity contribution in [2.24, 2.45) is 5.92 Å². The van der Waals surface area contributed by atoms with Gasteiger partial charge in [0.2, 0.25) is 0 Å². The second-order valence-corrected chi connectivity index (χ2v) is 7.19. The van der Waals surface area contributed by atoms with E-state index in [1.54, 1.807) is 6.07 Å². The molecule has 2 fully saturated rings. The molecule has 2 aliphatic rings. The number of benzene rings is 1. The molecular formula is C17H23BrFNO. The Kier molecular flexibility index (Phi) is 4.67. The largest absolute Gasteiger partial charge is 0.375 e. The lowest BCUT2D eigenvalue weighted by Crippen LogP contribution is -2.41. The van der Waals surface area contributed by atoms with Crippen LogP contribution < -0.4 is 5.32 Å². The molecule has 1 aliphatic heterocycles. The molecule has 1 saturated carbocycles. The van der Waals surface area contributed by atoms with Gasteiger partial charge in [-0.15, -0.1) is 0 Å². The molecule has 0 aromatic heterocycles. The Morgan fingerprint density at radius 1 is 1.38 bits per heavy atom. The fourth-order valence-corrected chi connectivity index (χ4v) is 4.63. The summed E-state index contributed by atoms with van der Waals surface area (Å²) in [6.45, 7) is 0.829. The molecule has 2 nitrogen and oxygen atoms in total. The van der Waals surface area contributed by atoms with Crippen molar-refractivity contribution in [3.8, 4) is 0 Å². The molecule has 21 heavy (non-hydrogen) atoms. The standard InChI is InChI=1S/C17H23BrFNO/c1-20-16(13-5-4-6-14(19)15(13)18)12-7-10-21-17(11-12)8-2-3-9-17/h4-6,12,16,20H,2-3,7-11H2,1H3. The van der Waals surface area contributed by atoms with Crippen molar-refractivity contribution in [2.75, 3.05) is 13.7 Å². The molecule has 1 saturated heterocycles. The Hall–Kier alpha value is -0.450. The van der Waals surface area contributed by atoms with Crippen molar-refractivity contribution in [1.82, 2.24) is 5.32 Å². The first-order chi connectivity index (χ1) is 10.2. The molecule has 3 rings (SSSR count). The zero-order valence-corrected chi connectivity index (χ0v) is 14.1. The highest BCUT2D eigenvalue weighted by Crippen LogP contribution is 2.46. The third-order valence-corrected chi connectivity index (χ3v) is 5.98. The summed E-state index contributed by atoms with van der Waals surface area (Å²) >= 11 is 3.42. The Labute approximate surface area is 134 Å². The molecule has 1 N–H and O–H groups in total. The zero-order valence-electron chi connectivity index (χ0n) is 12.5. The molecule has 116 valence electrons. The van der Waals surface area contributed by atoms with E-state index in [9.17, 15) is 4.39 Å². The molecule has 2 atom stereocenters. The lowest BCUT2D eigenvalue weighted by atomic mass is 9.78. The Balaban J connectivity index is 1.84. The van der Waals surface area contributed by atoms with Crippen molar-refractivity contribution in [3.63, 3.8) is 0 Å². The maximum absolute atomic E-state index is 13.8. The molecular weight excluding hydrogens is 333 g/mol. The van der Waals surface area contributed by atoms with Crippen LogP contribution in [0, 0.1) is 11.7 Å². The van der Waals surface area contributed by atoms with Crippen LogP contribution in [0.2, 0.25) is 0 Å². The highest BCUT2D eigenvalue weighted by molar-refractivity contribution is 9.10. The summed E-state index contributed by atoms with van der Waals surface area (Å²) in [6.07, 6.45) is 7.05. The van der Waals surface area contributed by atoms with Gasteiger partial charge in [0, 0.05) is 12.6 Å². The van der Waals surface area contributed by atoms with Crippen molar-refractivity contribution < 1.29 is 9.13 Å². The van der Waals surface area contributed by atoms with Crippen LogP contribution in [0.3, 0.4) is 0 Å². The molecule has 0 amide bonds. The van der Waals surface area contributed by atoms with Crippen molar-refractivity contribution in [3.05, 3.63) is 34.1 Å². The first kappa shape index (κ1) is 15.4. The van der Waals surface area contributed by atoms with Gasteiger partial charge in [0.25, 0.3) is 0 Å². The summed E-state index contributed by atoms with van der Waals surface area (Å²) in [7, 11) is 1.97. The van der Waals surface area contributed by atoms with Gasteiger partial charge in [0.15, 0.2) is 0 Å². The molecule has 4 heteroatoms. The predicted octanol–water partition coefficient (Wildman–Crippen LogP) is 4.59. The number of nitrogens with one attached hydrogen (secondary N) is 1. The van der Waals surface area contributed by atoms with Gasteiger partial charge in [-0.3, -0.25) is 0 Å². The summed E-state index contributed by atoms with van der Waals surface area (Å²) < 4.78 is 20.6. The Morgan fingerprint density at radius 3 is 2.86 bits per heavy atom. The van der Waals surface area contributed by atoms with E-state index < -0.39 is 0 Å². The van der Waals surface area contributed by atoms with Gasteiger partial charge in [-0.1, -0.05) is 25.0 Å². The molecule has 1 aromatic rings. The van der Waals surface area contributed by atoms with E-state index in [1.807, 2.05) is 13.1 Å². The number of halogens is 2. The molecule has 1 aliphatic carbocycles. The zero-order chi connectivity index (χ0) is 14.9. The number of ether oxygens (including phenoxy) is 1. The molecule has 1 aromatic carbocycles. The minimum atomic E-state index is -0.185. The third-order valence-electron chi connectivity index (χ3n) is 5.14. The third kappa shape index (κ3) is 3.03. The maximum atomic E-state index is 13.8. The first-order valence-corrected chi connectivity index (χ1v) is 8.70. The van der Waals surface area contributed by atoms with E-state index in [2.05, 4.69) is 21.2 Å². The Bertz CT molecular complexity index is 502. The average molecular weight is 356 g/mol. The molecule has 0 radical (unpaired) electrons. The van der Waals surface area contributed by atoms with E-state index >= 15 is 0 Å². The summed E-state index contributed by atoms with van der Waals surface area (Å²) in [5.41, 5.74) is 1.12. The summed E-state index contributed by atoms with van der Waals surface area (Å²) in [5, 5.41) is 3.41. The summed E-state index contributed by atoms with van der Waals surface area (Å²) in [5.74, 6) is 0.315. The lowest BCUT2D eigenvalue weighted by molar-refractivity contribution is -0.0979. The number of hydrogen-bond donors (Lipinski definition) is 1. The van der Waals surface area contributed by atoms with Crippen LogP contribution >= 0.6 is 15.9 Å².